The molecule has 2 unspecified atom stereocenters. The highest BCUT2D eigenvalue weighted by atomic mass is 16.6. The third-order valence-corrected chi connectivity index (χ3v) is 4.53. The summed E-state index contributed by atoms with van der Waals surface area (Å²) < 4.78 is 17.0. The molecule has 0 saturated carbocycles. The first-order valence-electron chi connectivity index (χ1n) is 9.39. The summed E-state index contributed by atoms with van der Waals surface area (Å²) in [5.41, 5.74) is 0.908. The molecule has 0 N–H and O–H groups in total. The lowest BCUT2D eigenvalue weighted by atomic mass is 9.92. The van der Waals surface area contributed by atoms with Gasteiger partial charge in [0.25, 0.3) is 0 Å². The van der Waals surface area contributed by atoms with Gasteiger partial charge in [-0.3, -0.25) is 4.90 Å². The van der Waals surface area contributed by atoms with Crippen LogP contribution in [0.3, 0.4) is 0 Å². The third kappa shape index (κ3) is 5.01. The van der Waals surface area contributed by atoms with Gasteiger partial charge in [0.05, 0.1) is 31.9 Å². The third-order valence-electron chi connectivity index (χ3n) is 4.53. The molecular formula is C21H29NO4. The molecule has 1 saturated heterocycles. The van der Waals surface area contributed by atoms with E-state index in [4.69, 9.17) is 14.2 Å². The molecule has 3 rings (SSSR count). The summed E-state index contributed by atoms with van der Waals surface area (Å²) in [4.78, 5) is 14.4. The minimum atomic E-state index is -0.481. The average molecular weight is 359 g/mol. The maximum Gasteiger partial charge on any atom is 0.411 e. The second-order valence-corrected chi connectivity index (χ2v) is 7.94. The fourth-order valence-electron chi connectivity index (χ4n) is 3.48. The van der Waals surface area contributed by atoms with Crippen molar-refractivity contribution >= 4 is 6.09 Å². The van der Waals surface area contributed by atoms with Gasteiger partial charge in [0.15, 0.2) is 0 Å². The molecule has 2 aliphatic rings. The van der Waals surface area contributed by atoms with Crippen LogP contribution in [0.4, 0.5) is 4.79 Å². The van der Waals surface area contributed by atoms with Gasteiger partial charge in [-0.1, -0.05) is 29.8 Å². The Labute approximate surface area is 155 Å². The molecule has 1 aromatic carbocycles. The van der Waals surface area contributed by atoms with Crippen LogP contribution in [-0.2, 0) is 9.47 Å². The van der Waals surface area contributed by atoms with Gasteiger partial charge < -0.3 is 14.2 Å². The number of carbonyl (C=O) groups is 1. The lowest BCUT2D eigenvalue weighted by molar-refractivity contribution is -0.0538. The van der Waals surface area contributed by atoms with E-state index in [1.807, 2.05) is 56.0 Å². The Morgan fingerprint density at radius 2 is 2.00 bits per heavy atom. The zero-order chi connectivity index (χ0) is 18.6. The predicted octanol–water partition coefficient (Wildman–Crippen LogP) is 4.18. The van der Waals surface area contributed by atoms with E-state index in [-0.39, 0.29) is 18.2 Å². The van der Waals surface area contributed by atoms with E-state index in [9.17, 15) is 4.79 Å². The van der Waals surface area contributed by atoms with Crippen LogP contribution in [0.5, 0.6) is 5.75 Å². The van der Waals surface area contributed by atoms with Gasteiger partial charge in [-0.15, -0.1) is 0 Å². The molecule has 142 valence electrons. The van der Waals surface area contributed by atoms with E-state index >= 15 is 0 Å². The van der Waals surface area contributed by atoms with Crippen LogP contribution < -0.4 is 4.74 Å². The Morgan fingerprint density at radius 1 is 1.23 bits per heavy atom. The lowest BCUT2D eigenvalue weighted by Gasteiger charge is -2.44. The summed E-state index contributed by atoms with van der Waals surface area (Å²) in [5, 5.41) is 0. The van der Waals surface area contributed by atoms with E-state index in [2.05, 4.69) is 6.08 Å². The van der Waals surface area contributed by atoms with Crippen molar-refractivity contribution in [2.45, 2.75) is 57.7 Å². The Bertz CT molecular complexity index is 635. The number of fused-ring (bicyclic) bond motifs is 2. The van der Waals surface area contributed by atoms with Crippen molar-refractivity contribution in [3.63, 3.8) is 0 Å². The number of hydrogen-bond donors (Lipinski definition) is 0. The quantitative estimate of drug-likeness (QED) is 0.584. The number of carbonyl (C=O) groups excluding carboxylic acids is 1. The minimum Gasteiger partial charge on any atom is -0.494 e. The van der Waals surface area contributed by atoms with Crippen LogP contribution in [-0.4, -0.2) is 48.5 Å². The van der Waals surface area contributed by atoms with Crippen molar-refractivity contribution in [2.24, 2.45) is 0 Å². The van der Waals surface area contributed by atoms with Gasteiger partial charge in [0.2, 0.25) is 0 Å². The largest absolute Gasteiger partial charge is 0.494 e. The van der Waals surface area contributed by atoms with Crippen LogP contribution in [0.25, 0.3) is 0 Å². The summed E-state index contributed by atoms with van der Waals surface area (Å²) in [6.07, 6.45) is 4.75. The molecule has 2 heterocycles. The van der Waals surface area contributed by atoms with Crippen molar-refractivity contribution in [1.29, 1.82) is 0 Å². The van der Waals surface area contributed by atoms with Gasteiger partial charge in [-0.25, -0.2) is 4.79 Å². The molecule has 5 heteroatoms. The maximum absolute atomic E-state index is 12.6. The van der Waals surface area contributed by atoms with Gasteiger partial charge in [0.1, 0.15) is 11.4 Å². The molecular weight excluding hydrogens is 330 g/mol. The zero-order valence-corrected chi connectivity index (χ0v) is 15.9. The molecule has 0 spiro atoms. The number of rotatable bonds is 5. The highest BCUT2D eigenvalue weighted by Gasteiger charge is 2.39. The molecule has 0 aromatic heterocycles. The topological polar surface area (TPSA) is 48.0 Å². The Kier molecular flexibility index (Phi) is 5.87. The average Bonchev–Trinajstić information content (AvgIpc) is 2.57. The van der Waals surface area contributed by atoms with E-state index < -0.39 is 5.60 Å². The van der Waals surface area contributed by atoms with Gasteiger partial charge in [-0.2, -0.15) is 0 Å². The van der Waals surface area contributed by atoms with Crippen LogP contribution in [0, 0.1) is 0 Å². The van der Waals surface area contributed by atoms with Gasteiger partial charge in [0, 0.05) is 0 Å². The molecule has 2 atom stereocenters. The van der Waals surface area contributed by atoms with Crippen molar-refractivity contribution < 1.29 is 19.0 Å². The fourth-order valence-corrected chi connectivity index (χ4v) is 3.48. The standard InChI is InChI=1S/C21H29NO4/c1-21(2,3)26-20(23)22-17-12-16(13-18(22)15-24-14-17)8-7-11-25-19-9-5-4-6-10-19/h4-6,9-10,12,17-18H,7-8,11,13-15H2,1-3H3. The number of nitrogens with zero attached hydrogens (tertiary/aromatic N) is 1. The Hall–Kier alpha value is -2.01. The van der Waals surface area contributed by atoms with E-state index in [1.54, 1.807) is 0 Å². The first-order valence-corrected chi connectivity index (χ1v) is 9.39. The molecule has 2 aliphatic heterocycles. The number of hydrogen-bond acceptors (Lipinski definition) is 4. The molecule has 1 amide bonds. The first-order chi connectivity index (χ1) is 12.4. The first kappa shape index (κ1) is 18.8. The smallest absolute Gasteiger partial charge is 0.411 e. The predicted molar refractivity (Wildman–Crippen MR) is 100 cm³/mol. The Morgan fingerprint density at radius 3 is 2.69 bits per heavy atom. The lowest BCUT2D eigenvalue weighted by Crippen LogP contribution is -2.57. The van der Waals surface area contributed by atoms with E-state index in [0.717, 1.165) is 25.0 Å². The van der Waals surface area contributed by atoms with Crippen molar-refractivity contribution in [3.8, 4) is 5.75 Å². The van der Waals surface area contributed by atoms with Gasteiger partial charge in [-0.05, 0) is 52.2 Å². The SMILES string of the molecule is CC(C)(C)OC(=O)N1C2C=C(CCCOc3ccccc3)CC1COC2. The van der Waals surface area contributed by atoms with E-state index in [1.165, 1.54) is 5.57 Å². The normalized spacial score (nSPS) is 22.6. The maximum atomic E-state index is 12.6. The number of amides is 1. The van der Waals surface area contributed by atoms with Crippen LogP contribution >= 0.6 is 0 Å². The fraction of sp³-hybridized carbons (Fsp3) is 0.571. The molecule has 0 radical (unpaired) electrons. The van der Waals surface area contributed by atoms with Crippen molar-refractivity contribution in [2.75, 3.05) is 19.8 Å². The van der Waals surface area contributed by atoms with Crippen molar-refractivity contribution in [3.05, 3.63) is 42.0 Å². The Balaban J connectivity index is 1.53. The summed E-state index contributed by atoms with van der Waals surface area (Å²) in [7, 11) is 0. The number of morpholine rings is 1. The summed E-state index contributed by atoms with van der Waals surface area (Å²) >= 11 is 0. The second-order valence-electron chi connectivity index (χ2n) is 7.94. The molecule has 2 bridgehead atoms. The molecule has 1 aromatic rings. The summed E-state index contributed by atoms with van der Waals surface area (Å²) in [6, 6.07) is 9.93. The highest BCUT2D eigenvalue weighted by Crippen LogP contribution is 2.30. The zero-order valence-electron chi connectivity index (χ0n) is 15.9. The van der Waals surface area contributed by atoms with E-state index in [0.29, 0.717) is 19.8 Å². The molecule has 26 heavy (non-hydrogen) atoms. The summed E-state index contributed by atoms with van der Waals surface area (Å²) in [6.45, 7) is 7.51. The van der Waals surface area contributed by atoms with Crippen LogP contribution in [0.15, 0.2) is 42.0 Å². The minimum absolute atomic E-state index is 0.0256. The molecule has 1 fully saturated rings. The monoisotopic (exact) mass is 359 g/mol. The second kappa shape index (κ2) is 8.12. The number of para-hydroxylation sites is 1. The molecule has 0 aliphatic carbocycles. The number of benzene rings is 1. The highest BCUT2D eigenvalue weighted by molar-refractivity contribution is 5.70. The summed E-state index contributed by atoms with van der Waals surface area (Å²) in [5.74, 6) is 0.909. The molecule has 5 nitrogen and oxygen atoms in total. The van der Waals surface area contributed by atoms with Gasteiger partial charge >= 0.3 is 6.09 Å². The van der Waals surface area contributed by atoms with Crippen molar-refractivity contribution in [1.82, 2.24) is 4.90 Å². The van der Waals surface area contributed by atoms with Crippen LogP contribution in [0.2, 0.25) is 0 Å². The number of ether oxygens (including phenoxy) is 3. The van der Waals surface area contributed by atoms with Crippen LogP contribution in [0.1, 0.15) is 40.0 Å².